The Bertz CT molecular complexity index is 178. The first-order chi connectivity index (χ1) is 6.13. The number of hydrogen-bond donors (Lipinski definition) is 1. The van der Waals surface area contributed by atoms with E-state index in [1.807, 2.05) is 26.0 Å². The van der Waals surface area contributed by atoms with E-state index in [0.29, 0.717) is 6.42 Å². The van der Waals surface area contributed by atoms with Gasteiger partial charge in [-0.1, -0.05) is 37.8 Å². The molecule has 0 rings (SSSR count). The molecule has 0 saturated heterocycles. The molecule has 0 bridgehead atoms. The van der Waals surface area contributed by atoms with E-state index in [-0.39, 0.29) is 11.0 Å². The highest BCUT2D eigenvalue weighted by molar-refractivity contribution is 8.13. The Hall–Kier alpha value is -0.280. The molecule has 3 heteroatoms. The molecule has 2 atom stereocenters. The largest absolute Gasteiger partial charge is 0.392 e. The predicted octanol–water partition coefficient (Wildman–Crippen LogP) is 2.23. The summed E-state index contributed by atoms with van der Waals surface area (Å²) >= 11 is 1.28. The van der Waals surface area contributed by atoms with E-state index in [1.54, 1.807) is 6.92 Å². The van der Waals surface area contributed by atoms with Gasteiger partial charge in [0.25, 0.3) is 0 Å². The zero-order chi connectivity index (χ0) is 10.3. The maximum absolute atomic E-state index is 11.3. The van der Waals surface area contributed by atoms with Gasteiger partial charge in [-0.15, -0.1) is 0 Å². The Kier molecular flexibility index (Phi) is 7.00. The van der Waals surface area contributed by atoms with Crippen molar-refractivity contribution in [1.82, 2.24) is 0 Å². The van der Waals surface area contributed by atoms with Crippen molar-refractivity contribution in [2.45, 2.75) is 33.3 Å². The normalized spacial score (nSPS) is 16.0. The van der Waals surface area contributed by atoms with Crippen molar-refractivity contribution in [3.8, 4) is 0 Å². The van der Waals surface area contributed by atoms with Crippen LogP contribution in [-0.2, 0) is 4.79 Å². The average molecular weight is 202 g/mol. The fourth-order valence-electron chi connectivity index (χ4n) is 0.910. The van der Waals surface area contributed by atoms with Crippen LogP contribution in [0.15, 0.2) is 12.2 Å². The van der Waals surface area contributed by atoms with E-state index in [9.17, 15) is 9.90 Å². The van der Waals surface area contributed by atoms with Crippen LogP contribution in [-0.4, -0.2) is 22.1 Å². The molecule has 0 fully saturated rings. The number of hydrogen-bond acceptors (Lipinski definition) is 3. The van der Waals surface area contributed by atoms with Crippen molar-refractivity contribution < 1.29 is 9.90 Å². The molecule has 0 aliphatic carbocycles. The Morgan fingerprint density at radius 3 is 2.69 bits per heavy atom. The van der Waals surface area contributed by atoms with Crippen molar-refractivity contribution in [1.29, 1.82) is 0 Å². The number of carbonyl (C=O) groups excluding carboxylic acids is 1. The Balaban J connectivity index is 3.93. The van der Waals surface area contributed by atoms with E-state index >= 15 is 0 Å². The lowest BCUT2D eigenvalue weighted by Gasteiger charge is -2.14. The second kappa shape index (κ2) is 7.15. The molecule has 0 heterocycles. The van der Waals surface area contributed by atoms with Gasteiger partial charge in [0.05, 0.1) is 12.0 Å². The minimum atomic E-state index is -0.539. The van der Waals surface area contributed by atoms with E-state index in [2.05, 4.69) is 0 Å². The van der Waals surface area contributed by atoms with Gasteiger partial charge in [0.2, 0.25) is 0 Å². The van der Waals surface area contributed by atoms with Crippen LogP contribution in [0.1, 0.15) is 27.2 Å². The molecule has 0 saturated carbocycles. The molecule has 76 valence electrons. The minimum absolute atomic E-state index is 0.0829. The Morgan fingerprint density at radius 1 is 1.62 bits per heavy atom. The van der Waals surface area contributed by atoms with Crippen LogP contribution >= 0.6 is 11.8 Å². The molecule has 0 aromatic rings. The molecular formula is C10H18O2S. The summed E-state index contributed by atoms with van der Waals surface area (Å²) in [4.78, 5) is 11.3. The third-order valence-corrected chi connectivity index (χ3v) is 2.79. The zero-order valence-electron chi connectivity index (χ0n) is 8.49. The van der Waals surface area contributed by atoms with Gasteiger partial charge in [-0.25, -0.2) is 0 Å². The summed E-state index contributed by atoms with van der Waals surface area (Å²) in [6, 6.07) is 0. The molecule has 0 radical (unpaired) electrons. The van der Waals surface area contributed by atoms with Crippen molar-refractivity contribution in [3.63, 3.8) is 0 Å². The van der Waals surface area contributed by atoms with Crippen LogP contribution in [0.4, 0.5) is 0 Å². The number of rotatable bonds is 5. The fourth-order valence-corrected chi connectivity index (χ4v) is 1.61. The summed E-state index contributed by atoms with van der Waals surface area (Å²) in [7, 11) is 0. The standard InChI is InChI=1S/C10H18O2S/c1-4-6-7-9(11)8(3)10(12)13-5-2/h4,6,8-9,11H,5,7H2,1-3H3/b6-4+/t8-,9+/m0/s1. The van der Waals surface area contributed by atoms with Crippen molar-refractivity contribution >= 4 is 16.9 Å². The van der Waals surface area contributed by atoms with E-state index in [4.69, 9.17) is 0 Å². The van der Waals surface area contributed by atoms with Crippen LogP contribution in [0, 0.1) is 5.92 Å². The zero-order valence-corrected chi connectivity index (χ0v) is 9.30. The van der Waals surface area contributed by atoms with Gasteiger partial charge in [0.15, 0.2) is 5.12 Å². The van der Waals surface area contributed by atoms with Gasteiger partial charge in [0.1, 0.15) is 0 Å². The summed E-state index contributed by atoms with van der Waals surface area (Å²) in [6.45, 7) is 5.62. The molecule has 0 aromatic heterocycles. The Morgan fingerprint density at radius 2 is 2.23 bits per heavy atom. The molecular weight excluding hydrogens is 184 g/mol. The molecule has 0 aliphatic rings. The number of carbonyl (C=O) groups is 1. The van der Waals surface area contributed by atoms with Crippen LogP contribution in [0.5, 0.6) is 0 Å². The Labute approximate surface area is 84.4 Å². The molecule has 1 N–H and O–H groups in total. The highest BCUT2D eigenvalue weighted by Crippen LogP contribution is 2.16. The first kappa shape index (κ1) is 12.7. The topological polar surface area (TPSA) is 37.3 Å². The summed E-state index contributed by atoms with van der Waals surface area (Å²) in [5.74, 6) is 0.514. The first-order valence-electron chi connectivity index (χ1n) is 4.59. The average Bonchev–Trinajstić information content (AvgIpc) is 2.13. The summed E-state index contributed by atoms with van der Waals surface area (Å²) in [5.41, 5.74) is 0. The van der Waals surface area contributed by atoms with E-state index in [0.717, 1.165) is 5.75 Å². The summed E-state index contributed by atoms with van der Waals surface area (Å²) in [6.07, 6.45) is 3.79. The maximum atomic E-state index is 11.3. The number of thioether (sulfide) groups is 1. The van der Waals surface area contributed by atoms with Crippen LogP contribution in [0.3, 0.4) is 0 Å². The highest BCUT2D eigenvalue weighted by Gasteiger charge is 2.20. The van der Waals surface area contributed by atoms with Crippen molar-refractivity contribution in [2.75, 3.05) is 5.75 Å². The van der Waals surface area contributed by atoms with Crippen LogP contribution in [0.25, 0.3) is 0 Å². The lowest BCUT2D eigenvalue weighted by Crippen LogP contribution is -2.23. The third-order valence-electron chi connectivity index (χ3n) is 1.85. The molecule has 0 unspecified atom stereocenters. The lowest BCUT2D eigenvalue weighted by molar-refractivity contribution is -0.116. The number of allylic oxidation sites excluding steroid dienone is 1. The van der Waals surface area contributed by atoms with Gasteiger partial charge >= 0.3 is 0 Å². The summed E-state index contributed by atoms with van der Waals surface area (Å²) in [5, 5.41) is 9.64. The van der Waals surface area contributed by atoms with Gasteiger partial charge in [-0.3, -0.25) is 4.79 Å². The SMILES string of the molecule is C/C=C/C[C@@H](O)[C@H](C)C(=O)SCC. The van der Waals surface area contributed by atoms with Gasteiger partial charge in [0, 0.05) is 0 Å². The highest BCUT2D eigenvalue weighted by atomic mass is 32.2. The van der Waals surface area contributed by atoms with Gasteiger partial charge in [-0.2, -0.15) is 0 Å². The molecule has 0 spiro atoms. The predicted molar refractivity (Wildman–Crippen MR) is 57.7 cm³/mol. The van der Waals surface area contributed by atoms with Crippen molar-refractivity contribution in [3.05, 3.63) is 12.2 Å². The minimum Gasteiger partial charge on any atom is -0.392 e. The van der Waals surface area contributed by atoms with Crippen LogP contribution < -0.4 is 0 Å². The summed E-state index contributed by atoms with van der Waals surface area (Å²) < 4.78 is 0. The molecule has 0 aliphatic heterocycles. The molecule has 0 amide bonds. The molecule has 0 aromatic carbocycles. The molecule has 13 heavy (non-hydrogen) atoms. The lowest BCUT2D eigenvalue weighted by atomic mass is 10.0. The van der Waals surface area contributed by atoms with Gasteiger partial charge in [-0.05, 0) is 19.1 Å². The van der Waals surface area contributed by atoms with E-state index < -0.39 is 6.10 Å². The third kappa shape index (κ3) is 5.11. The smallest absolute Gasteiger partial charge is 0.194 e. The second-order valence-corrected chi connectivity index (χ2v) is 4.18. The maximum Gasteiger partial charge on any atom is 0.194 e. The quantitative estimate of drug-likeness (QED) is 0.695. The first-order valence-corrected chi connectivity index (χ1v) is 5.57. The molecule has 2 nitrogen and oxygen atoms in total. The number of aliphatic hydroxyl groups is 1. The second-order valence-electron chi connectivity index (χ2n) is 2.91. The van der Waals surface area contributed by atoms with Crippen LogP contribution in [0.2, 0.25) is 0 Å². The van der Waals surface area contributed by atoms with Gasteiger partial charge < -0.3 is 5.11 Å². The fraction of sp³-hybridized carbons (Fsp3) is 0.700. The van der Waals surface area contributed by atoms with Crippen molar-refractivity contribution in [2.24, 2.45) is 5.92 Å². The monoisotopic (exact) mass is 202 g/mol. The number of aliphatic hydroxyl groups excluding tert-OH is 1. The van der Waals surface area contributed by atoms with E-state index in [1.165, 1.54) is 11.8 Å².